The lowest BCUT2D eigenvalue weighted by Crippen LogP contribution is -2.17. The monoisotopic (exact) mass is 398 g/mol. The highest BCUT2D eigenvalue weighted by molar-refractivity contribution is 9.10. The second-order valence-electron chi connectivity index (χ2n) is 4.75. The molecule has 0 saturated heterocycles. The molecule has 0 aliphatic heterocycles. The molecule has 0 aliphatic carbocycles. The Morgan fingerprint density at radius 3 is 2.45 bits per heavy atom. The molecule has 3 rings (SSSR count). The van der Waals surface area contributed by atoms with Crippen LogP contribution in [-0.2, 0) is 16.6 Å². The summed E-state index contributed by atoms with van der Waals surface area (Å²) in [7, 11) is -3.72. The maximum absolute atomic E-state index is 12.9. The third kappa shape index (κ3) is 2.46. The fourth-order valence-electron chi connectivity index (χ4n) is 2.36. The molecule has 0 bridgehead atoms. The van der Waals surface area contributed by atoms with E-state index in [9.17, 15) is 8.42 Å². The van der Waals surface area contributed by atoms with Gasteiger partial charge in [0.15, 0.2) is 0 Å². The molecule has 0 fully saturated rings. The van der Waals surface area contributed by atoms with E-state index in [1.165, 1.54) is 3.97 Å². The zero-order valence-corrected chi connectivity index (χ0v) is 14.5. The van der Waals surface area contributed by atoms with Crippen LogP contribution in [-0.4, -0.2) is 12.4 Å². The number of hydrogen-bond acceptors (Lipinski definition) is 3. The predicted octanol–water partition coefficient (Wildman–Crippen LogP) is 3.75. The SMILES string of the molecule is NCc1cc2cc(Cl)c(Br)cc2n1S(=O)(=O)c1ccccc1. The molecular formula is C15H12BrClN2O2S. The van der Waals surface area contributed by atoms with Crippen LogP contribution in [0.2, 0.25) is 5.02 Å². The topological polar surface area (TPSA) is 65.1 Å². The first-order valence-corrected chi connectivity index (χ1v) is 9.06. The maximum atomic E-state index is 12.9. The molecule has 114 valence electrons. The van der Waals surface area contributed by atoms with Gasteiger partial charge in [-0.05, 0) is 46.3 Å². The van der Waals surface area contributed by atoms with Gasteiger partial charge in [-0.25, -0.2) is 12.4 Å². The van der Waals surface area contributed by atoms with Crippen LogP contribution in [0.15, 0.2) is 57.9 Å². The minimum absolute atomic E-state index is 0.107. The molecule has 1 aromatic heterocycles. The first-order chi connectivity index (χ1) is 10.4. The van der Waals surface area contributed by atoms with Crippen molar-refractivity contribution in [3.8, 4) is 0 Å². The molecule has 0 saturated carbocycles. The number of fused-ring (bicyclic) bond motifs is 1. The number of aromatic nitrogens is 1. The summed E-state index contributed by atoms with van der Waals surface area (Å²) in [6.45, 7) is 0.107. The molecule has 0 unspecified atom stereocenters. The second-order valence-corrected chi connectivity index (χ2v) is 7.80. The number of halogens is 2. The zero-order valence-electron chi connectivity index (χ0n) is 11.3. The van der Waals surface area contributed by atoms with E-state index in [1.807, 2.05) is 0 Å². The molecule has 0 amide bonds. The Hall–Kier alpha value is -1.34. The van der Waals surface area contributed by atoms with Gasteiger partial charge in [-0.1, -0.05) is 29.8 Å². The van der Waals surface area contributed by atoms with Gasteiger partial charge in [0.1, 0.15) is 0 Å². The number of nitrogens with zero attached hydrogens (tertiary/aromatic N) is 1. The van der Waals surface area contributed by atoms with Crippen LogP contribution in [0.3, 0.4) is 0 Å². The van der Waals surface area contributed by atoms with E-state index in [4.69, 9.17) is 17.3 Å². The Bertz CT molecular complexity index is 953. The molecule has 2 aromatic carbocycles. The molecule has 2 N–H and O–H groups in total. The van der Waals surface area contributed by atoms with Gasteiger partial charge in [-0.3, -0.25) is 0 Å². The molecule has 22 heavy (non-hydrogen) atoms. The van der Waals surface area contributed by atoms with Crippen molar-refractivity contribution in [1.29, 1.82) is 0 Å². The van der Waals surface area contributed by atoms with Crippen LogP contribution in [0, 0.1) is 0 Å². The number of hydrogen-bond donors (Lipinski definition) is 1. The highest BCUT2D eigenvalue weighted by Crippen LogP contribution is 2.32. The van der Waals surface area contributed by atoms with E-state index in [2.05, 4.69) is 15.9 Å². The summed E-state index contributed by atoms with van der Waals surface area (Å²) in [4.78, 5) is 0.216. The van der Waals surface area contributed by atoms with Gasteiger partial charge in [0.05, 0.1) is 15.4 Å². The quantitative estimate of drug-likeness (QED) is 0.729. The van der Waals surface area contributed by atoms with Crippen molar-refractivity contribution in [2.45, 2.75) is 11.4 Å². The summed E-state index contributed by atoms with van der Waals surface area (Å²) in [6.07, 6.45) is 0. The summed E-state index contributed by atoms with van der Waals surface area (Å²) in [5.74, 6) is 0. The van der Waals surface area contributed by atoms with Crippen molar-refractivity contribution in [3.63, 3.8) is 0 Å². The van der Waals surface area contributed by atoms with Gasteiger partial charge in [0.25, 0.3) is 10.0 Å². The highest BCUT2D eigenvalue weighted by atomic mass is 79.9. The van der Waals surface area contributed by atoms with E-state index in [1.54, 1.807) is 48.5 Å². The Morgan fingerprint density at radius 2 is 1.82 bits per heavy atom. The molecule has 0 aliphatic rings. The molecule has 7 heteroatoms. The van der Waals surface area contributed by atoms with Gasteiger partial charge in [-0.15, -0.1) is 0 Å². The van der Waals surface area contributed by atoms with E-state index in [-0.39, 0.29) is 11.4 Å². The fraction of sp³-hybridized carbons (Fsp3) is 0.0667. The van der Waals surface area contributed by atoms with Gasteiger partial charge < -0.3 is 5.73 Å². The van der Waals surface area contributed by atoms with Crippen molar-refractivity contribution < 1.29 is 8.42 Å². The Kier molecular flexibility index (Phi) is 4.03. The zero-order chi connectivity index (χ0) is 15.9. The van der Waals surface area contributed by atoms with Crippen LogP contribution in [0.5, 0.6) is 0 Å². The first kappa shape index (κ1) is 15.6. The van der Waals surface area contributed by atoms with Gasteiger partial charge in [-0.2, -0.15) is 0 Å². The standard InChI is InChI=1S/C15H12BrClN2O2S/c16-13-8-15-10(7-14(13)17)6-11(9-18)19(15)22(20,21)12-4-2-1-3-5-12/h1-8H,9,18H2. The lowest BCUT2D eigenvalue weighted by atomic mass is 10.2. The lowest BCUT2D eigenvalue weighted by Gasteiger charge is -2.11. The minimum atomic E-state index is -3.72. The third-order valence-corrected chi connectivity index (χ3v) is 6.34. The molecule has 0 atom stereocenters. The average molecular weight is 400 g/mol. The Balaban J connectivity index is 2.37. The van der Waals surface area contributed by atoms with Crippen LogP contribution in [0.25, 0.3) is 10.9 Å². The molecule has 3 aromatic rings. The summed E-state index contributed by atoms with van der Waals surface area (Å²) in [6, 6.07) is 13.4. The Labute approximate surface area is 141 Å². The van der Waals surface area contributed by atoms with Crippen molar-refractivity contribution in [2.75, 3.05) is 0 Å². The largest absolute Gasteiger partial charge is 0.325 e. The third-order valence-electron chi connectivity index (χ3n) is 3.36. The van der Waals surface area contributed by atoms with Crippen LogP contribution in [0.1, 0.15) is 5.69 Å². The van der Waals surface area contributed by atoms with Crippen LogP contribution >= 0.6 is 27.5 Å². The lowest BCUT2D eigenvalue weighted by molar-refractivity contribution is 0.587. The van der Waals surface area contributed by atoms with Crippen LogP contribution < -0.4 is 5.73 Å². The van der Waals surface area contributed by atoms with Crippen molar-refractivity contribution >= 4 is 48.5 Å². The number of rotatable bonds is 3. The summed E-state index contributed by atoms with van der Waals surface area (Å²) >= 11 is 9.42. The molecule has 0 spiro atoms. The van der Waals surface area contributed by atoms with E-state index in [0.29, 0.717) is 20.7 Å². The number of benzene rings is 2. The fourth-order valence-corrected chi connectivity index (χ4v) is 4.43. The second kappa shape index (κ2) is 5.70. The van der Waals surface area contributed by atoms with Gasteiger partial charge in [0.2, 0.25) is 0 Å². The maximum Gasteiger partial charge on any atom is 0.268 e. The molecule has 4 nitrogen and oxygen atoms in total. The van der Waals surface area contributed by atoms with E-state index in [0.717, 1.165) is 5.39 Å². The first-order valence-electron chi connectivity index (χ1n) is 6.45. The van der Waals surface area contributed by atoms with Crippen molar-refractivity contribution in [3.05, 3.63) is 63.7 Å². The van der Waals surface area contributed by atoms with Crippen LogP contribution in [0.4, 0.5) is 0 Å². The van der Waals surface area contributed by atoms with Gasteiger partial charge in [0, 0.05) is 22.1 Å². The van der Waals surface area contributed by atoms with E-state index >= 15 is 0 Å². The predicted molar refractivity (Wildman–Crippen MR) is 91.6 cm³/mol. The average Bonchev–Trinajstić information content (AvgIpc) is 2.87. The Morgan fingerprint density at radius 1 is 1.14 bits per heavy atom. The summed E-state index contributed by atoms with van der Waals surface area (Å²) in [5.41, 5.74) is 6.79. The summed E-state index contributed by atoms with van der Waals surface area (Å²) in [5, 5.41) is 1.25. The highest BCUT2D eigenvalue weighted by Gasteiger charge is 2.22. The van der Waals surface area contributed by atoms with Crippen molar-refractivity contribution in [1.82, 2.24) is 3.97 Å². The smallest absolute Gasteiger partial charge is 0.268 e. The van der Waals surface area contributed by atoms with E-state index < -0.39 is 10.0 Å². The normalized spacial score (nSPS) is 12.0. The molecule has 1 heterocycles. The summed E-state index contributed by atoms with van der Waals surface area (Å²) < 4.78 is 27.8. The minimum Gasteiger partial charge on any atom is -0.325 e. The number of nitrogens with two attached hydrogens (primary N) is 1. The van der Waals surface area contributed by atoms with Crippen molar-refractivity contribution in [2.24, 2.45) is 5.73 Å². The molecular weight excluding hydrogens is 388 g/mol. The van der Waals surface area contributed by atoms with Gasteiger partial charge >= 0.3 is 0 Å². The molecule has 0 radical (unpaired) electrons.